The van der Waals surface area contributed by atoms with Crippen LogP contribution in [-0.2, 0) is 5.41 Å². The van der Waals surface area contributed by atoms with E-state index in [1.165, 1.54) is 50.5 Å². The first-order chi connectivity index (χ1) is 14.6. The van der Waals surface area contributed by atoms with E-state index in [-0.39, 0.29) is 5.41 Å². The van der Waals surface area contributed by atoms with Crippen LogP contribution in [0.4, 0.5) is 11.5 Å². The number of nitrogens with one attached hydrogen (secondary N) is 2. The Morgan fingerprint density at radius 1 is 1.13 bits per heavy atom. The molecule has 2 heterocycles. The predicted octanol–water partition coefficient (Wildman–Crippen LogP) is 5.91. The van der Waals surface area contributed by atoms with Gasteiger partial charge in [-0.3, -0.25) is 0 Å². The molecule has 1 saturated heterocycles. The number of pyridine rings is 1. The van der Waals surface area contributed by atoms with Crippen LogP contribution in [0.2, 0.25) is 5.02 Å². The van der Waals surface area contributed by atoms with Gasteiger partial charge in [-0.25, -0.2) is 4.98 Å². The van der Waals surface area contributed by atoms with E-state index in [4.69, 9.17) is 23.8 Å². The monoisotopic (exact) mass is 442 g/mol. The Morgan fingerprint density at radius 2 is 1.90 bits per heavy atom. The zero-order valence-electron chi connectivity index (χ0n) is 17.7. The van der Waals surface area contributed by atoms with Crippen LogP contribution in [0.1, 0.15) is 57.4 Å². The van der Waals surface area contributed by atoms with Gasteiger partial charge < -0.3 is 15.5 Å². The fraction of sp³-hybridized carbons (Fsp3) is 0.500. The lowest BCUT2D eigenvalue weighted by molar-refractivity contribution is 0.435. The van der Waals surface area contributed by atoms with Crippen LogP contribution < -0.4 is 15.5 Å². The van der Waals surface area contributed by atoms with Gasteiger partial charge in [0, 0.05) is 29.6 Å². The maximum atomic E-state index is 6.09. The topological polar surface area (TPSA) is 40.2 Å². The second kappa shape index (κ2) is 9.52. The quantitative estimate of drug-likeness (QED) is 0.563. The zero-order chi connectivity index (χ0) is 21.0. The Labute approximate surface area is 190 Å². The summed E-state index contributed by atoms with van der Waals surface area (Å²) < 4.78 is 0. The molecule has 30 heavy (non-hydrogen) atoms. The number of hydrogen-bond acceptors (Lipinski definition) is 3. The summed E-state index contributed by atoms with van der Waals surface area (Å²) in [5.41, 5.74) is 2.40. The fourth-order valence-electron chi connectivity index (χ4n) is 4.92. The Kier molecular flexibility index (Phi) is 6.79. The van der Waals surface area contributed by atoms with E-state index in [9.17, 15) is 0 Å². The first-order valence-corrected chi connectivity index (χ1v) is 11.9. The minimum Gasteiger partial charge on any atom is -0.362 e. The summed E-state index contributed by atoms with van der Waals surface area (Å²) in [5.74, 6) is 1.05. The molecular formula is C24H31ClN4S. The molecule has 1 aromatic carbocycles. The molecule has 1 saturated carbocycles. The SMILES string of the molecule is CC1CCCCN1c1ccc(NC(=S)NCC2(c3ccc(Cl)cc3)CCCC2)cn1. The van der Waals surface area contributed by atoms with Gasteiger partial charge in [-0.2, -0.15) is 0 Å². The zero-order valence-corrected chi connectivity index (χ0v) is 19.2. The summed E-state index contributed by atoms with van der Waals surface area (Å²) in [5, 5.41) is 8.20. The standard InChI is InChI=1S/C24H31ClN4S/c1-18-6-2-5-15-29(18)22-12-11-21(16-26-22)28-23(30)27-17-24(13-3-4-14-24)19-7-9-20(25)10-8-19/h7-12,16,18H,2-6,13-15,17H2,1H3,(H2,27,28,30). The smallest absolute Gasteiger partial charge is 0.170 e. The molecule has 1 aliphatic carbocycles. The van der Waals surface area contributed by atoms with Crippen LogP contribution in [0.5, 0.6) is 0 Å². The second-order valence-electron chi connectivity index (χ2n) is 8.75. The van der Waals surface area contributed by atoms with Crippen molar-refractivity contribution >= 4 is 40.4 Å². The molecule has 0 spiro atoms. The van der Waals surface area contributed by atoms with E-state index in [0.717, 1.165) is 29.6 Å². The lowest BCUT2D eigenvalue weighted by Gasteiger charge is -2.34. The molecular weight excluding hydrogens is 412 g/mol. The minimum absolute atomic E-state index is 0.128. The third kappa shape index (κ3) is 4.89. The molecule has 0 bridgehead atoms. The minimum atomic E-state index is 0.128. The van der Waals surface area contributed by atoms with Gasteiger partial charge in [0.25, 0.3) is 0 Å². The van der Waals surface area contributed by atoms with E-state index >= 15 is 0 Å². The molecule has 1 atom stereocenters. The largest absolute Gasteiger partial charge is 0.362 e. The number of benzene rings is 1. The van der Waals surface area contributed by atoms with Crippen molar-refractivity contribution in [2.24, 2.45) is 0 Å². The fourth-order valence-corrected chi connectivity index (χ4v) is 5.23. The first kappa shape index (κ1) is 21.4. The second-order valence-corrected chi connectivity index (χ2v) is 9.59. The molecule has 2 N–H and O–H groups in total. The van der Waals surface area contributed by atoms with E-state index in [0.29, 0.717) is 11.2 Å². The highest BCUT2D eigenvalue weighted by Crippen LogP contribution is 2.41. The average Bonchev–Trinajstić information content (AvgIpc) is 3.24. The van der Waals surface area contributed by atoms with E-state index < -0.39 is 0 Å². The molecule has 4 nitrogen and oxygen atoms in total. The average molecular weight is 443 g/mol. The number of thiocarbonyl (C=S) groups is 1. The molecule has 6 heteroatoms. The third-order valence-electron chi connectivity index (χ3n) is 6.71. The van der Waals surface area contributed by atoms with Gasteiger partial charge in [0.1, 0.15) is 5.82 Å². The van der Waals surface area contributed by atoms with Gasteiger partial charge >= 0.3 is 0 Å². The molecule has 1 unspecified atom stereocenters. The Morgan fingerprint density at radius 3 is 2.57 bits per heavy atom. The van der Waals surface area contributed by atoms with Gasteiger partial charge in [0.15, 0.2) is 5.11 Å². The number of rotatable bonds is 5. The maximum absolute atomic E-state index is 6.09. The molecule has 4 rings (SSSR count). The molecule has 0 radical (unpaired) electrons. The van der Waals surface area contributed by atoms with Crippen LogP contribution in [0.3, 0.4) is 0 Å². The highest BCUT2D eigenvalue weighted by molar-refractivity contribution is 7.80. The number of anilines is 2. The number of hydrogen-bond donors (Lipinski definition) is 2. The predicted molar refractivity (Wildman–Crippen MR) is 131 cm³/mol. The van der Waals surface area contributed by atoms with E-state index in [1.807, 2.05) is 18.3 Å². The lowest BCUT2D eigenvalue weighted by atomic mass is 9.79. The van der Waals surface area contributed by atoms with Gasteiger partial charge in [-0.05, 0) is 81.1 Å². The van der Waals surface area contributed by atoms with Crippen LogP contribution in [0, 0.1) is 0 Å². The summed E-state index contributed by atoms with van der Waals surface area (Å²) >= 11 is 11.7. The van der Waals surface area contributed by atoms with Crippen molar-refractivity contribution in [2.75, 3.05) is 23.3 Å². The van der Waals surface area contributed by atoms with Crippen LogP contribution >= 0.6 is 23.8 Å². The normalized spacial score (nSPS) is 20.7. The van der Waals surface area contributed by atoms with Crippen molar-refractivity contribution in [3.63, 3.8) is 0 Å². The van der Waals surface area contributed by atoms with Crippen LogP contribution in [0.25, 0.3) is 0 Å². The molecule has 2 aliphatic rings. The van der Waals surface area contributed by atoms with Crippen molar-refractivity contribution < 1.29 is 0 Å². The van der Waals surface area contributed by atoms with Crippen LogP contribution in [-0.4, -0.2) is 29.2 Å². The maximum Gasteiger partial charge on any atom is 0.170 e. The molecule has 1 aliphatic heterocycles. The van der Waals surface area contributed by atoms with Gasteiger partial charge in [0.05, 0.1) is 11.9 Å². The van der Waals surface area contributed by atoms with Gasteiger partial charge in [0.2, 0.25) is 0 Å². The number of aromatic nitrogens is 1. The van der Waals surface area contributed by atoms with Crippen LogP contribution in [0.15, 0.2) is 42.6 Å². The highest BCUT2D eigenvalue weighted by atomic mass is 35.5. The van der Waals surface area contributed by atoms with Crippen molar-refractivity contribution in [1.82, 2.24) is 10.3 Å². The number of piperidine rings is 1. The molecule has 160 valence electrons. The number of halogens is 1. The summed E-state index contributed by atoms with van der Waals surface area (Å²) in [4.78, 5) is 7.08. The molecule has 1 aromatic heterocycles. The first-order valence-electron chi connectivity index (χ1n) is 11.1. The molecule has 2 fully saturated rings. The van der Waals surface area contributed by atoms with Crippen molar-refractivity contribution in [1.29, 1.82) is 0 Å². The van der Waals surface area contributed by atoms with Crippen molar-refractivity contribution in [3.05, 3.63) is 53.2 Å². The number of nitrogens with zero attached hydrogens (tertiary/aromatic N) is 2. The highest BCUT2D eigenvalue weighted by Gasteiger charge is 2.35. The Bertz CT molecular complexity index is 847. The summed E-state index contributed by atoms with van der Waals surface area (Å²) in [7, 11) is 0. The Balaban J connectivity index is 1.35. The Hall–Kier alpha value is -1.85. The van der Waals surface area contributed by atoms with Crippen molar-refractivity contribution in [3.8, 4) is 0 Å². The summed E-state index contributed by atoms with van der Waals surface area (Å²) in [6.45, 7) is 4.20. The lowest BCUT2D eigenvalue weighted by Crippen LogP contribution is -2.40. The van der Waals surface area contributed by atoms with Crippen molar-refractivity contribution in [2.45, 2.75) is 63.3 Å². The van der Waals surface area contributed by atoms with E-state index in [1.54, 1.807) is 0 Å². The van der Waals surface area contributed by atoms with Gasteiger partial charge in [-0.15, -0.1) is 0 Å². The summed E-state index contributed by atoms with van der Waals surface area (Å²) in [6.07, 6.45) is 10.5. The summed E-state index contributed by atoms with van der Waals surface area (Å²) in [6, 6.07) is 13.0. The molecule has 2 aromatic rings. The van der Waals surface area contributed by atoms with E-state index in [2.05, 4.69) is 51.7 Å². The molecule has 0 amide bonds. The third-order valence-corrected chi connectivity index (χ3v) is 7.21. The van der Waals surface area contributed by atoms with Gasteiger partial charge in [-0.1, -0.05) is 36.6 Å².